The molecule has 0 spiro atoms. The second-order valence-electron chi connectivity index (χ2n) is 9.26. The lowest BCUT2D eigenvalue weighted by Crippen LogP contribution is -2.40. The van der Waals surface area contributed by atoms with Crippen molar-refractivity contribution in [3.8, 4) is 11.5 Å². The van der Waals surface area contributed by atoms with E-state index < -0.39 is 12.0 Å². The molecule has 0 fully saturated rings. The monoisotopic (exact) mass is 642 g/mol. The van der Waals surface area contributed by atoms with Crippen LogP contribution in [0.15, 0.2) is 81.7 Å². The fourth-order valence-electron chi connectivity index (χ4n) is 4.62. The Morgan fingerprint density at radius 3 is 2.55 bits per heavy atom. The minimum atomic E-state index is -0.791. The predicted octanol–water partition coefficient (Wildman–Crippen LogP) is 6.35. The minimum Gasteiger partial charge on any atom is -0.493 e. The fraction of sp³-hybridized carbons (Fsp3) is 0.194. The molecule has 0 aliphatic carbocycles. The van der Waals surface area contributed by atoms with Gasteiger partial charge in [0.15, 0.2) is 16.3 Å². The number of benzene rings is 3. The van der Waals surface area contributed by atoms with Crippen LogP contribution in [-0.2, 0) is 16.1 Å². The summed E-state index contributed by atoms with van der Waals surface area (Å²) in [6, 6.07) is 16.9. The molecule has 2 heterocycles. The molecule has 0 amide bonds. The number of thiazole rings is 1. The first-order valence-electron chi connectivity index (χ1n) is 12.9. The van der Waals surface area contributed by atoms with Crippen LogP contribution in [0.5, 0.6) is 11.5 Å². The Morgan fingerprint density at radius 1 is 1.05 bits per heavy atom. The molecule has 3 aromatic carbocycles. The number of halogens is 3. The van der Waals surface area contributed by atoms with E-state index in [4.69, 9.17) is 49.0 Å². The quantitative estimate of drug-likeness (QED) is 0.209. The standard InChI is InChI=1S/C31H25Cl3N2O5S/c1-4-40-30(38)27-17(2)35-31-36(28(27)21-7-5-6-8-22(21)33)29(37)26(42-31)14-18-9-12-24(25(13-18)39-3)41-16-19-10-11-20(32)15-23(19)34/h5-15,28H,4,16H2,1-3H3/b26-14-/t28-/m1/s1. The Labute approximate surface area is 260 Å². The van der Waals surface area contributed by atoms with E-state index in [1.54, 1.807) is 75.6 Å². The van der Waals surface area contributed by atoms with Gasteiger partial charge in [-0.2, -0.15) is 0 Å². The van der Waals surface area contributed by atoms with Crippen molar-refractivity contribution in [1.82, 2.24) is 4.57 Å². The highest BCUT2D eigenvalue weighted by Gasteiger charge is 2.34. The zero-order valence-electron chi connectivity index (χ0n) is 22.8. The molecule has 1 aliphatic heterocycles. The maximum atomic E-state index is 13.9. The highest BCUT2D eigenvalue weighted by atomic mass is 35.5. The van der Waals surface area contributed by atoms with E-state index in [-0.39, 0.29) is 24.3 Å². The molecule has 0 radical (unpaired) electrons. The molecule has 7 nitrogen and oxygen atoms in total. The van der Waals surface area contributed by atoms with Crippen molar-refractivity contribution < 1.29 is 19.0 Å². The summed E-state index contributed by atoms with van der Waals surface area (Å²) in [6.45, 7) is 3.86. The van der Waals surface area contributed by atoms with E-state index in [9.17, 15) is 9.59 Å². The molecule has 0 saturated carbocycles. The summed E-state index contributed by atoms with van der Waals surface area (Å²) < 4.78 is 18.8. The zero-order valence-corrected chi connectivity index (χ0v) is 25.9. The van der Waals surface area contributed by atoms with Crippen LogP contribution in [0.25, 0.3) is 6.08 Å². The molecule has 0 N–H and O–H groups in total. The third kappa shape index (κ3) is 5.99. The second kappa shape index (κ2) is 12.8. The molecule has 1 aromatic heterocycles. The summed E-state index contributed by atoms with van der Waals surface area (Å²) in [6.07, 6.45) is 1.75. The first-order valence-corrected chi connectivity index (χ1v) is 14.9. The molecule has 0 bridgehead atoms. The van der Waals surface area contributed by atoms with Crippen LogP contribution in [0.1, 0.15) is 36.6 Å². The van der Waals surface area contributed by atoms with Crippen molar-refractivity contribution in [2.24, 2.45) is 4.99 Å². The summed E-state index contributed by atoms with van der Waals surface area (Å²) in [5, 5.41) is 1.47. The van der Waals surface area contributed by atoms with Gasteiger partial charge in [-0.25, -0.2) is 9.79 Å². The second-order valence-corrected chi connectivity index (χ2v) is 11.5. The van der Waals surface area contributed by atoms with Gasteiger partial charge >= 0.3 is 5.97 Å². The number of esters is 1. The van der Waals surface area contributed by atoms with Crippen molar-refractivity contribution in [3.63, 3.8) is 0 Å². The van der Waals surface area contributed by atoms with Gasteiger partial charge in [0.2, 0.25) is 0 Å². The van der Waals surface area contributed by atoms with Crippen LogP contribution in [0, 0.1) is 0 Å². The SMILES string of the molecule is CCOC(=O)C1=C(C)N=c2s/c(=C\c3ccc(OCc4ccc(Cl)cc4Cl)c(OC)c3)c(=O)n2[C@@H]1c1ccccc1Cl. The number of allylic oxidation sites excluding steroid dienone is 1. The highest BCUT2D eigenvalue weighted by Crippen LogP contribution is 2.35. The van der Waals surface area contributed by atoms with Gasteiger partial charge in [0.25, 0.3) is 5.56 Å². The van der Waals surface area contributed by atoms with Crippen LogP contribution < -0.4 is 24.4 Å². The maximum Gasteiger partial charge on any atom is 0.338 e. The number of nitrogens with zero attached hydrogens (tertiary/aromatic N) is 2. The number of hydrogen-bond donors (Lipinski definition) is 0. The normalized spacial score (nSPS) is 14.8. The Morgan fingerprint density at radius 2 is 1.83 bits per heavy atom. The van der Waals surface area contributed by atoms with Gasteiger partial charge in [0.05, 0.1) is 29.5 Å². The van der Waals surface area contributed by atoms with Gasteiger partial charge in [0, 0.05) is 20.6 Å². The van der Waals surface area contributed by atoms with Gasteiger partial charge < -0.3 is 14.2 Å². The molecule has 1 atom stereocenters. The van der Waals surface area contributed by atoms with Crippen molar-refractivity contribution >= 4 is 58.2 Å². The number of carbonyl (C=O) groups is 1. The molecule has 0 unspecified atom stereocenters. The van der Waals surface area contributed by atoms with Gasteiger partial charge in [-0.1, -0.05) is 76.5 Å². The van der Waals surface area contributed by atoms with Crippen LogP contribution in [0.2, 0.25) is 15.1 Å². The smallest absolute Gasteiger partial charge is 0.338 e. The zero-order chi connectivity index (χ0) is 30.0. The van der Waals surface area contributed by atoms with Crippen LogP contribution >= 0.6 is 46.1 Å². The molecule has 11 heteroatoms. The first-order chi connectivity index (χ1) is 20.2. The lowest BCUT2D eigenvalue weighted by Gasteiger charge is -2.25. The number of carbonyl (C=O) groups excluding carboxylic acids is 1. The number of fused-ring (bicyclic) bond motifs is 1. The summed E-state index contributed by atoms with van der Waals surface area (Å²) in [5.74, 6) is 0.449. The number of rotatable bonds is 8. The molecule has 0 saturated heterocycles. The van der Waals surface area contributed by atoms with Crippen LogP contribution in [0.4, 0.5) is 0 Å². The Hall–Kier alpha value is -3.56. The van der Waals surface area contributed by atoms with Crippen molar-refractivity contribution in [2.45, 2.75) is 26.5 Å². The predicted molar refractivity (Wildman–Crippen MR) is 166 cm³/mol. The molecule has 5 rings (SSSR count). The molecule has 42 heavy (non-hydrogen) atoms. The average molecular weight is 644 g/mol. The molecular weight excluding hydrogens is 619 g/mol. The Bertz CT molecular complexity index is 1900. The Balaban J connectivity index is 1.54. The summed E-state index contributed by atoms with van der Waals surface area (Å²) in [4.78, 5) is 32.0. The molecule has 1 aliphatic rings. The average Bonchev–Trinajstić information content (AvgIpc) is 3.26. The lowest BCUT2D eigenvalue weighted by atomic mass is 9.96. The van der Waals surface area contributed by atoms with E-state index in [2.05, 4.69) is 4.99 Å². The summed E-state index contributed by atoms with van der Waals surface area (Å²) in [7, 11) is 1.54. The van der Waals surface area contributed by atoms with E-state index >= 15 is 0 Å². The van der Waals surface area contributed by atoms with Gasteiger partial charge in [-0.15, -0.1) is 0 Å². The largest absolute Gasteiger partial charge is 0.493 e. The van der Waals surface area contributed by atoms with Gasteiger partial charge in [-0.05, 0) is 61.4 Å². The van der Waals surface area contributed by atoms with Crippen LogP contribution in [-0.4, -0.2) is 24.3 Å². The lowest BCUT2D eigenvalue weighted by molar-refractivity contribution is -0.139. The minimum absolute atomic E-state index is 0.184. The molecular formula is C31H25Cl3N2O5S. The molecule has 4 aromatic rings. The fourth-order valence-corrected chi connectivity index (χ4v) is 6.37. The third-order valence-electron chi connectivity index (χ3n) is 6.60. The molecule has 216 valence electrons. The number of ether oxygens (including phenoxy) is 3. The van der Waals surface area contributed by atoms with E-state index in [1.165, 1.54) is 15.9 Å². The summed E-state index contributed by atoms with van der Waals surface area (Å²) >= 11 is 20.1. The van der Waals surface area contributed by atoms with Gasteiger partial charge in [-0.3, -0.25) is 9.36 Å². The first kappa shape index (κ1) is 29.9. The number of aromatic nitrogens is 1. The number of methoxy groups -OCH3 is 1. The van der Waals surface area contributed by atoms with Gasteiger partial charge in [0.1, 0.15) is 12.6 Å². The van der Waals surface area contributed by atoms with Crippen LogP contribution in [0.3, 0.4) is 0 Å². The highest BCUT2D eigenvalue weighted by molar-refractivity contribution is 7.07. The van der Waals surface area contributed by atoms with E-state index in [0.717, 1.165) is 5.56 Å². The third-order valence-corrected chi connectivity index (χ3v) is 8.51. The number of hydrogen-bond acceptors (Lipinski definition) is 7. The Kier molecular flexibility index (Phi) is 9.08. The van der Waals surface area contributed by atoms with E-state index in [0.29, 0.717) is 52.7 Å². The van der Waals surface area contributed by atoms with Crippen molar-refractivity contribution in [1.29, 1.82) is 0 Å². The van der Waals surface area contributed by atoms with Crippen molar-refractivity contribution in [3.05, 3.63) is 123 Å². The topological polar surface area (TPSA) is 79.1 Å². The van der Waals surface area contributed by atoms with Crippen molar-refractivity contribution in [2.75, 3.05) is 13.7 Å². The summed E-state index contributed by atoms with van der Waals surface area (Å²) in [5.41, 5.74) is 2.52. The maximum absolute atomic E-state index is 13.9. The van der Waals surface area contributed by atoms with E-state index in [1.807, 2.05) is 12.1 Å².